The number of carbonyl (C=O) groups excluding carboxylic acids is 1. The van der Waals surface area contributed by atoms with Gasteiger partial charge in [0.25, 0.3) is 0 Å². The van der Waals surface area contributed by atoms with Gasteiger partial charge in [-0.25, -0.2) is 0 Å². The Labute approximate surface area is 111 Å². The maximum Gasteiger partial charge on any atom is 0.187 e. The fourth-order valence-electron chi connectivity index (χ4n) is 1.51. The number of aromatic nitrogens is 1. The minimum atomic E-state index is -0.0663. The van der Waals surface area contributed by atoms with Gasteiger partial charge < -0.3 is 10.1 Å². The molecule has 0 bridgehead atoms. The highest BCUT2D eigenvalue weighted by Gasteiger charge is 1.99. The number of ketones is 1. The maximum atomic E-state index is 11.8. The van der Waals surface area contributed by atoms with Gasteiger partial charge in [-0.2, -0.15) is 0 Å². The number of hydrogen-bond donors (Lipinski definition) is 1. The molecular weight excluding hydrogens is 240 g/mol. The number of carbonyl (C=O) groups is 1. The normalized spacial score (nSPS) is 10.4. The smallest absolute Gasteiger partial charge is 0.187 e. The number of anilines is 1. The first-order valence-corrected chi connectivity index (χ1v) is 5.81. The first-order chi connectivity index (χ1) is 9.29. The minimum Gasteiger partial charge on any atom is -0.497 e. The molecule has 0 saturated heterocycles. The monoisotopic (exact) mass is 254 g/mol. The van der Waals surface area contributed by atoms with Gasteiger partial charge in [-0.3, -0.25) is 9.78 Å². The lowest BCUT2D eigenvalue weighted by Crippen LogP contribution is -1.96. The average molecular weight is 254 g/mol. The van der Waals surface area contributed by atoms with Crippen molar-refractivity contribution in [3.63, 3.8) is 0 Å². The third kappa shape index (κ3) is 3.67. The Bertz CT molecular complexity index is 562. The Morgan fingerprint density at radius 1 is 1.16 bits per heavy atom. The molecule has 0 spiro atoms. The van der Waals surface area contributed by atoms with Gasteiger partial charge in [0.05, 0.1) is 7.11 Å². The molecule has 0 aliphatic heterocycles. The largest absolute Gasteiger partial charge is 0.497 e. The summed E-state index contributed by atoms with van der Waals surface area (Å²) in [5.74, 6) is 0.728. The highest BCUT2D eigenvalue weighted by atomic mass is 16.5. The van der Waals surface area contributed by atoms with E-state index < -0.39 is 0 Å². The molecule has 4 nitrogen and oxygen atoms in total. The number of ether oxygens (including phenoxy) is 1. The molecular formula is C15H14N2O2. The zero-order chi connectivity index (χ0) is 13.5. The van der Waals surface area contributed by atoms with Gasteiger partial charge in [0, 0.05) is 35.9 Å². The summed E-state index contributed by atoms with van der Waals surface area (Å²) >= 11 is 0. The number of hydrogen-bond acceptors (Lipinski definition) is 4. The summed E-state index contributed by atoms with van der Waals surface area (Å²) in [5.41, 5.74) is 1.50. The van der Waals surface area contributed by atoms with Crippen molar-refractivity contribution in [3.05, 3.63) is 66.6 Å². The van der Waals surface area contributed by atoms with Crippen LogP contribution in [0.15, 0.2) is 61.1 Å². The first-order valence-electron chi connectivity index (χ1n) is 5.81. The number of nitrogens with one attached hydrogen (secondary N) is 1. The molecule has 2 aromatic rings. The summed E-state index contributed by atoms with van der Waals surface area (Å²) in [6.07, 6.45) is 6.29. The fourth-order valence-corrected chi connectivity index (χ4v) is 1.51. The lowest BCUT2D eigenvalue weighted by atomic mass is 10.2. The Balaban J connectivity index is 1.94. The van der Waals surface area contributed by atoms with E-state index in [0.717, 1.165) is 11.4 Å². The molecule has 0 radical (unpaired) electrons. The number of rotatable bonds is 5. The fraction of sp³-hybridized carbons (Fsp3) is 0.0667. The Hall–Kier alpha value is -2.62. The summed E-state index contributed by atoms with van der Waals surface area (Å²) < 4.78 is 5.06. The first kappa shape index (κ1) is 12.8. The molecule has 0 fully saturated rings. The van der Waals surface area contributed by atoms with Gasteiger partial charge in [0.2, 0.25) is 0 Å². The molecule has 0 aliphatic carbocycles. The summed E-state index contributed by atoms with van der Waals surface area (Å²) in [6.45, 7) is 0. The standard InChI is InChI=1S/C15H14N2O2/c1-19-14-4-2-13(3-5-14)17-11-8-15(18)12-6-9-16-10-7-12/h2-11,17H,1H3/b11-8-. The van der Waals surface area contributed by atoms with Crippen LogP contribution in [0.1, 0.15) is 10.4 Å². The Kier molecular flexibility index (Phi) is 4.29. The quantitative estimate of drug-likeness (QED) is 0.658. The van der Waals surface area contributed by atoms with Crippen LogP contribution in [0.5, 0.6) is 5.75 Å². The molecule has 0 aliphatic rings. The second-order valence-corrected chi connectivity index (χ2v) is 3.81. The Morgan fingerprint density at radius 3 is 2.47 bits per heavy atom. The maximum absolute atomic E-state index is 11.8. The van der Waals surface area contributed by atoms with Crippen molar-refractivity contribution in [2.24, 2.45) is 0 Å². The van der Waals surface area contributed by atoms with Crippen LogP contribution in [0.3, 0.4) is 0 Å². The molecule has 0 atom stereocenters. The molecule has 1 heterocycles. The summed E-state index contributed by atoms with van der Waals surface area (Å²) in [4.78, 5) is 15.6. The minimum absolute atomic E-state index is 0.0663. The number of benzene rings is 1. The SMILES string of the molecule is COc1ccc(N/C=C\C(=O)c2ccncc2)cc1. The molecule has 0 unspecified atom stereocenters. The van der Waals surface area contributed by atoms with Crippen LogP contribution in [0.2, 0.25) is 0 Å². The molecule has 19 heavy (non-hydrogen) atoms. The van der Waals surface area contributed by atoms with E-state index in [1.807, 2.05) is 24.3 Å². The van der Waals surface area contributed by atoms with Crippen LogP contribution in [0.25, 0.3) is 0 Å². The van der Waals surface area contributed by atoms with Gasteiger partial charge in [0.1, 0.15) is 5.75 Å². The predicted molar refractivity (Wildman–Crippen MR) is 74.3 cm³/mol. The van der Waals surface area contributed by atoms with E-state index >= 15 is 0 Å². The molecule has 96 valence electrons. The van der Waals surface area contributed by atoms with Crippen molar-refractivity contribution in [1.82, 2.24) is 4.98 Å². The Morgan fingerprint density at radius 2 is 1.84 bits per heavy atom. The molecule has 1 aromatic carbocycles. The molecule has 0 amide bonds. The third-order valence-corrected chi connectivity index (χ3v) is 2.54. The topological polar surface area (TPSA) is 51.2 Å². The summed E-state index contributed by atoms with van der Waals surface area (Å²) in [6, 6.07) is 10.8. The molecule has 1 aromatic heterocycles. The zero-order valence-electron chi connectivity index (χ0n) is 10.5. The number of pyridine rings is 1. The van der Waals surface area contributed by atoms with Gasteiger partial charge in [-0.15, -0.1) is 0 Å². The predicted octanol–water partition coefficient (Wildman–Crippen LogP) is 2.90. The van der Waals surface area contributed by atoms with E-state index in [4.69, 9.17) is 4.74 Å². The van der Waals surface area contributed by atoms with E-state index in [9.17, 15) is 4.79 Å². The lowest BCUT2D eigenvalue weighted by Gasteiger charge is -2.02. The lowest BCUT2D eigenvalue weighted by molar-refractivity contribution is 0.104. The third-order valence-electron chi connectivity index (χ3n) is 2.54. The van der Waals surface area contributed by atoms with Crippen molar-refractivity contribution in [2.45, 2.75) is 0 Å². The van der Waals surface area contributed by atoms with E-state index in [1.54, 1.807) is 37.8 Å². The van der Waals surface area contributed by atoms with Crippen LogP contribution < -0.4 is 10.1 Å². The van der Waals surface area contributed by atoms with E-state index in [-0.39, 0.29) is 5.78 Å². The van der Waals surface area contributed by atoms with Crippen LogP contribution in [-0.4, -0.2) is 17.9 Å². The van der Waals surface area contributed by atoms with Gasteiger partial charge >= 0.3 is 0 Å². The second-order valence-electron chi connectivity index (χ2n) is 3.81. The van der Waals surface area contributed by atoms with Crippen LogP contribution in [-0.2, 0) is 0 Å². The second kappa shape index (κ2) is 6.35. The molecule has 2 rings (SSSR count). The number of nitrogens with zero attached hydrogens (tertiary/aromatic N) is 1. The van der Waals surface area contributed by atoms with Crippen molar-refractivity contribution < 1.29 is 9.53 Å². The van der Waals surface area contributed by atoms with Crippen LogP contribution in [0.4, 0.5) is 5.69 Å². The van der Waals surface area contributed by atoms with Crippen molar-refractivity contribution in [3.8, 4) is 5.75 Å². The number of methoxy groups -OCH3 is 1. The average Bonchev–Trinajstić information content (AvgIpc) is 2.49. The zero-order valence-corrected chi connectivity index (χ0v) is 10.5. The van der Waals surface area contributed by atoms with E-state index in [2.05, 4.69) is 10.3 Å². The highest BCUT2D eigenvalue weighted by Crippen LogP contribution is 2.14. The highest BCUT2D eigenvalue weighted by molar-refractivity contribution is 6.04. The van der Waals surface area contributed by atoms with Gasteiger partial charge in [-0.1, -0.05) is 0 Å². The van der Waals surface area contributed by atoms with Crippen LogP contribution in [0, 0.1) is 0 Å². The van der Waals surface area contributed by atoms with Gasteiger partial charge in [0.15, 0.2) is 5.78 Å². The van der Waals surface area contributed by atoms with Crippen molar-refractivity contribution in [1.29, 1.82) is 0 Å². The molecule has 0 saturated carbocycles. The number of allylic oxidation sites excluding steroid dienone is 1. The summed E-state index contributed by atoms with van der Waals surface area (Å²) in [5, 5.41) is 3.02. The van der Waals surface area contributed by atoms with Gasteiger partial charge in [-0.05, 0) is 36.4 Å². The van der Waals surface area contributed by atoms with Crippen LogP contribution >= 0.6 is 0 Å². The van der Waals surface area contributed by atoms with Crippen molar-refractivity contribution in [2.75, 3.05) is 12.4 Å². The molecule has 1 N–H and O–H groups in total. The molecule has 4 heteroatoms. The van der Waals surface area contributed by atoms with Crippen molar-refractivity contribution >= 4 is 11.5 Å². The summed E-state index contributed by atoms with van der Waals surface area (Å²) in [7, 11) is 1.62. The van der Waals surface area contributed by atoms with E-state index in [0.29, 0.717) is 5.56 Å². The van der Waals surface area contributed by atoms with E-state index in [1.165, 1.54) is 6.08 Å².